The van der Waals surface area contributed by atoms with E-state index in [4.69, 9.17) is 9.97 Å². The summed E-state index contributed by atoms with van der Waals surface area (Å²) in [5.41, 5.74) is 17.6. The van der Waals surface area contributed by atoms with Gasteiger partial charge in [-0.15, -0.1) is 0 Å². The van der Waals surface area contributed by atoms with E-state index in [0.29, 0.717) is 0 Å². The quantitative estimate of drug-likeness (QED) is 0.167. The molecule has 15 rings (SSSR count). The van der Waals surface area contributed by atoms with Gasteiger partial charge in [0, 0.05) is 89.4 Å². The zero-order chi connectivity index (χ0) is 45.9. The number of para-hydroxylation sites is 6. The number of fused-ring (bicyclic) bond motifs is 12. The molecule has 0 aliphatic carbocycles. The maximum absolute atomic E-state index is 4.94. The molecule has 0 atom stereocenters. The maximum atomic E-state index is 4.94. The van der Waals surface area contributed by atoms with Gasteiger partial charge in [-0.05, 0) is 97.1 Å². The van der Waals surface area contributed by atoms with Crippen molar-refractivity contribution in [2.45, 2.75) is 0 Å². The molecule has 0 saturated heterocycles. The van der Waals surface area contributed by atoms with Crippen LogP contribution in [0.3, 0.4) is 0 Å². The minimum Gasteiger partial charge on any atom is -0.309 e. The van der Waals surface area contributed by atoms with Gasteiger partial charge in [0.1, 0.15) is 0 Å². The Morgan fingerprint density at radius 3 is 0.771 bits per heavy atom. The smallest absolute Gasteiger partial charge is 0.0965 e. The van der Waals surface area contributed by atoms with Crippen molar-refractivity contribution < 1.29 is 0 Å². The van der Waals surface area contributed by atoms with Crippen molar-refractivity contribution in [1.29, 1.82) is 0 Å². The van der Waals surface area contributed by atoms with E-state index >= 15 is 0 Å². The van der Waals surface area contributed by atoms with E-state index in [1.807, 2.05) is 0 Å². The molecule has 5 heterocycles. The average Bonchev–Trinajstić information content (AvgIpc) is 4.16. The molecule has 15 aromatic rings. The summed E-state index contributed by atoms with van der Waals surface area (Å²) in [5.74, 6) is 0. The summed E-state index contributed by atoms with van der Waals surface area (Å²) >= 11 is 0. The highest BCUT2D eigenvalue weighted by molar-refractivity contribution is 6.14. The molecule has 0 radical (unpaired) electrons. The molecule has 0 spiro atoms. The van der Waals surface area contributed by atoms with Crippen LogP contribution < -0.4 is 0 Å². The number of hydrogen-bond donors (Lipinski definition) is 0. The van der Waals surface area contributed by atoms with Crippen molar-refractivity contribution in [2.24, 2.45) is 0 Å². The molecule has 6 nitrogen and oxygen atoms in total. The predicted molar refractivity (Wildman–Crippen MR) is 290 cm³/mol. The Morgan fingerprint density at radius 1 is 0.214 bits per heavy atom. The highest BCUT2D eigenvalue weighted by Gasteiger charge is 2.20. The third kappa shape index (κ3) is 5.62. The second kappa shape index (κ2) is 15.0. The first-order chi connectivity index (χ1) is 34.7. The van der Waals surface area contributed by atoms with Gasteiger partial charge in [-0.25, -0.2) is 0 Å². The van der Waals surface area contributed by atoms with Crippen molar-refractivity contribution in [3.63, 3.8) is 0 Å². The van der Waals surface area contributed by atoms with Gasteiger partial charge in [-0.1, -0.05) is 133 Å². The fourth-order valence-electron chi connectivity index (χ4n) is 11.5. The molecule has 0 amide bonds. The number of hydrogen-bond acceptors (Lipinski definition) is 2. The Balaban J connectivity index is 0.787. The monoisotopic (exact) mass is 892 g/mol. The molecule has 10 aromatic carbocycles. The second-order valence-electron chi connectivity index (χ2n) is 18.2. The number of aromatic nitrogens is 6. The van der Waals surface area contributed by atoms with Crippen molar-refractivity contribution in [2.75, 3.05) is 0 Å². The Labute approximate surface area is 401 Å². The van der Waals surface area contributed by atoms with Gasteiger partial charge in [0.2, 0.25) is 0 Å². The largest absolute Gasteiger partial charge is 0.309 e. The molecular formula is C64H40N6. The summed E-state index contributed by atoms with van der Waals surface area (Å²) in [6.07, 6.45) is 3.57. The SMILES string of the molecule is c1ccc2c(c1)c1ccccc1n2-c1ccc2c(c1)c1ccccc1n2-c1ccc(-c2nccnc2-c2ccc(-n3c4ccccc4c4cc(-n5c6ccccc6c6ccccc65)ccc43)cc2)cc1. The Kier molecular flexibility index (Phi) is 8.26. The van der Waals surface area contributed by atoms with E-state index < -0.39 is 0 Å². The first-order valence-corrected chi connectivity index (χ1v) is 23.8. The van der Waals surface area contributed by atoms with E-state index in [1.165, 1.54) is 65.2 Å². The van der Waals surface area contributed by atoms with Crippen molar-refractivity contribution in [3.05, 3.63) is 243 Å². The summed E-state index contributed by atoms with van der Waals surface area (Å²) in [6, 6.07) is 83.5. The lowest BCUT2D eigenvalue weighted by molar-refractivity contribution is 1.16. The molecule has 0 fully saturated rings. The van der Waals surface area contributed by atoms with E-state index in [1.54, 1.807) is 12.4 Å². The molecular weight excluding hydrogens is 853 g/mol. The molecule has 0 aliphatic rings. The zero-order valence-electron chi connectivity index (χ0n) is 37.8. The van der Waals surface area contributed by atoms with Gasteiger partial charge in [-0.2, -0.15) is 0 Å². The van der Waals surface area contributed by atoms with Crippen molar-refractivity contribution >= 4 is 87.2 Å². The highest BCUT2D eigenvalue weighted by atomic mass is 15.0. The second-order valence-corrected chi connectivity index (χ2v) is 18.2. The van der Waals surface area contributed by atoms with Crippen LogP contribution in [0.1, 0.15) is 0 Å². The van der Waals surface area contributed by atoms with Crippen LogP contribution in [0.5, 0.6) is 0 Å². The van der Waals surface area contributed by atoms with Crippen LogP contribution in [0.4, 0.5) is 0 Å². The lowest BCUT2D eigenvalue weighted by Crippen LogP contribution is -1.97. The van der Waals surface area contributed by atoms with Crippen LogP contribution in [0.15, 0.2) is 243 Å². The minimum absolute atomic E-state index is 0.842. The Hall–Kier alpha value is -9.52. The van der Waals surface area contributed by atoms with E-state index in [-0.39, 0.29) is 0 Å². The minimum atomic E-state index is 0.842. The Bertz CT molecular complexity index is 4180. The zero-order valence-corrected chi connectivity index (χ0v) is 37.8. The van der Waals surface area contributed by atoms with Crippen LogP contribution in [0, 0.1) is 0 Å². The summed E-state index contributed by atoms with van der Waals surface area (Å²) in [6.45, 7) is 0. The van der Waals surface area contributed by atoms with Crippen LogP contribution in [0.2, 0.25) is 0 Å². The molecule has 326 valence electrons. The summed E-state index contributed by atoms with van der Waals surface area (Å²) in [5, 5.41) is 9.89. The van der Waals surface area contributed by atoms with Crippen LogP contribution >= 0.6 is 0 Å². The van der Waals surface area contributed by atoms with Crippen LogP contribution in [-0.4, -0.2) is 28.2 Å². The lowest BCUT2D eigenvalue weighted by Gasteiger charge is -2.13. The maximum Gasteiger partial charge on any atom is 0.0965 e. The van der Waals surface area contributed by atoms with Gasteiger partial charge >= 0.3 is 0 Å². The third-order valence-corrected chi connectivity index (χ3v) is 14.5. The molecule has 0 aliphatic heterocycles. The average molecular weight is 893 g/mol. The lowest BCUT2D eigenvalue weighted by atomic mass is 10.0. The normalized spacial score (nSPS) is 12.0. The predicted octanol–water partition coefficient (Wildman–Crippen LogP) is 16.2. The third-order valence-electron chi connectivity index (χ3n) is 14.5. The fraction of sp³-hybridized carbons (Fsp3) is 0. The summed E-state index contributed by atoms with van der Waals surface area (Å²) in [4.78, 5) is 9.87. The van der Waals surface area contributed by atoms with Crippen molar-refractivity contribution in [3.8, 4) is 45.3 Å². The van der Waals surface area contributed by atoms with Gasteiger partial charge in [-0.3, -0.25) is 9.97 Å². The number of nitrogens with zero attached hydrogens (tertiary/aromatic N) is 6. The van der Waals surface area contributed by atoms with E-state index in [9.17, 15) is 0 Å². The fourth-order valence-corrected chi connectivity index (χ4v) is 11.5. The van der Waals surface area contributed by atoms with Gasteiger partial charge in [0.25, 0.3) is 0 Å². The van der Waals surface area contributed by atoms with Gasteiger partial charge < -0.3 is 18.3 Å². The first kappa shape index (κ1) is 38.6. The van der Waals surface area contributed by atoms with E-state index in [0.717, 1.165) is 67.3 Å². The molecule has 5 aromatic heterocycles. The molecule has 6 heteroatoms. The topological polar surface area (TPSA) is 45.5 Å². The number of rotatable bonds is 6. The molecule has 0 saturated carbocycles. The number of benzene rings is 10. The summed E-state index contributed by atoms with van der Waals surface area (Å²) in [7, 11) is 0. The van der Waals surface area contributed by atoms with Crippen LogP contribution in [-0.2, 0) is 0 Å². The Morgan fingerprint density at radius 2 is 0.457 bits per heavy atom. The first-order valence-electron chi connectivity index (χ1n) is 23.8. The molecule has 70 heavy (non-hydrogen) atoms. The highest BCUT2D eigenvalue weighted by Crippen LogP contribution is 2.40. The molecule has 0 unspecified atom stereocenters. The molecule has 0 bridgehead atoms. The van der Waals surface area contributed by atoms with Crippen molar-refractivity contribution in [1.82, 2.24) is 28.2 Å². The van der Waals surface area contributed by atoms with Gasteiger partial charge in [0.15, 0.2) is 0 Å². The van der Waals surface area contributed by atoms with E-state index in [2.05, 4.69) is 249 Å². The van der Waals surface area contributed by atoms with Gasteiger partial charge in [0.05, 0.1) is 55.5 Å². The molecule has 0 N–H and O–H groups in total. The summed E-state index contributed by atoms with van der Waals surface area (Å²) < 4.78 is 9.54. The standard InChI is InChI=1S/C64H40N6/c1-7-19-55-47(13-1)48-14-2-8-20-56(48)69(55)45-33-35-61-53(39-45)51-17-5-11-23-59(51)67(61)43-29-25-41(26-30-43)63-64(66-38-37-65-63)42-27-31-44(32-28-42)68-60-24-12-6-18-52(60)54-40-46(34-36-62(54)68)70-57-21-9-3-15-49(57)50-16-4-10-22-58(50)70/h1-40H. The van der Waals surface area contributed by atoms with Crippen LogP contribution in [0.25, 0.3) is 132 Å².